The minimum absolute atomic E-state index is 0.287. The molecule has 8 heteroatoms. The van der Waals surface area contributed by atoms with E-state index in [1.165, 1.54) is 11.8 Å². The molecule has 0 aliphatic carbocycles. The Bertz CT molecular complexity index is 844. The van der Waals surface area contributed by atoms with Gasteiger partial charge in [-0.25, -0.2) is 0 Å². The molecule has 2 heterocycles. The molecular weight excluding hydrogens is 378 g/mol. The van der Waals surface area contributed by atoms with Crippen molar-refractivity contribution in [1.82, 2.24) is 0 Å². The number of aliphatic hydroxyl groups is 1. The number of hydrogen-bond donors (Lipinski definition) is 1. The predicted molar refractivity (Wildman–Crippen MR) is 105 cm³/mol. The van der Waals surface area contributed by atoms with Crippen LogP contribution in [0.3, 0.4) is 0 Å². The molecule has 28 heavy (non-hydrogen) atoms. The maximum absolute atomic E-state index is 10.9. The van der Waals surface area contributed by atoms with Gasteiger partial charge < -0.3 is 19.3 Å². The lowest BCUT2D eigenvalue weighted by Crippen LogP contribution is -2.60. The van der Waals surface area contributed by atoms with Gasteiger partial charge in [0.05, 0.1) is 12.7 Å². The highest BCUT2D eigenvalue weighted by atomic mass is 32.2. The second-order valence-electron chi connectivity index (χ2n) is 6.84. The second kappa shape index (κ2) is 8.53. The topological polar surface area (TPSA) is 96.7 Å². The predicted octanol–water partition coefficient (Wildman–Crippen LogP) is 3.97. The first kappa shape index (κ1) is 19.3. The summed E-state index contributed by atoms with van der Waals surface area (Å²) in [4.78, 5) is 3.89. The third kappa shape index (κ3) is 4.03. The molecule has 2 saturated heterocycles. The molecule has 2 fully saturated rings. The van der Waals surface area contributed by atoms with Crippen LogP contribution in [-0.2, 0) is 14.2 Å². The molecule has 0 radical (unpaired) electrons. The van der Waals surface area contributed by atoms with Gasteiger partial charge in [-0.2, -0.15) is 0 Å². The molecule has 0 saturated carbocycles. The van der Waals surface area contributed by atoms with Crippen LogP contribution in [0.1, 0.15) is 17.4 Å². The summed E-state index contributed by atoms with van der Waals surface area (Å²) < 4.78 is 17.9. The highest BCUT2D eigenvalue weighted by molar-refractivity contribution is 7.99. The van der Waals surface area contributed by atoms with Crippen LogP contribution in [0.5, 0.6) is 0 Å². The molecule has 2 aromatic carbocycles. The first-order chi connectivity index (χ1) is 13.7. The zero-order valence-electron chi connectivity index (χ0n) is 15.3. The van der Waals surface area contributed by atoms with E-state index in [1.807, 2.05) is 61.5 Å². The smallest absolute Gasteiger partial charge is 0.184 e. The summed E-state index contributed by atoms with van der Waals surface area (Å²) in [6, 6.07) is 16.7. The van der Waals surface area contributed by atoms with Gasteiger partial charge in [0.25, 0.3) is 0 Å². The molecule has 2 aromatic rings. The van der Waals surface area contributed by atoms with Crippen molar-refractivity contribution in [3.05, 3.63) is 76.2 Å². The van der Waals surface area contributed by atoms with Crippen molar-refractivity contribution in [2.75, 3.05) is 6.61 Å². The van der Waals surface area contributed by atoms with Crippen LogP contribution in [0.25, 0.3) is 10.4 Å². The Morgan fingerprint density at radius 2 is 1.86 bits per heavy atom. The number of ether oxygens (including phenoxy) is 3. The van der Waals surface area contributed by atoms with E-state index in [4.69, 9.17) is 19.7 Å². The molecule has 0 aromatic heterocycles. The van der Waals surface area contributed by atoms with Crippen molar-refractivity contribution in [3.63, 3.8) is 0 Å². The molecule has 146 valence electrons. The molecule has 0 amide bonds. The van der Waals surface area contributed by atoms with Gasteiger partial charge in [0.2, 0.25) is 0 Å². The van der Waals surface area contributed by atoms with Crippen LogP contribution in [0.15, 0.2) is 64.6 Å². The highest BCUT2D eigenvalue weighted by Gasteiger charge is 2.49. The minimum Gasteiger partial charge on any atom is -0.390 e. The molecule has 7 nitrogen and oxygen atoms in total. The summed E-state index contributed by atoms with van der Waals surface area (Å²) in [6.45, 7) is 2.30. The molecule has 1 N–H and O–H groups in total. The van der Waals surface area contributed by atoms with Crippen molar-refractivity contribution in [2.24, 2.45) is 5.11 Å². The van der Waals surface area contributed by atoms with Crippen molar-refractivity contribution >= 4 is 11.8 Å². The van der Waals surface area contributed by atoms with Crippen molar-refractivity contribution in [2.45, 2.75) is 47.9 Å². The largest absolute Gasteiger partial charge is 0.390 e. The lowest BCUT2D eigenvalue weighted by Gasteiger charge is -2.46. The third-order valence-corrected chi connectivity index (χ3v) is 6.03. The summed E-state index contributed by atoms with van der Waals surface area (Å²) in [7, 11) is 0. The molecule has 0 bridgehead atoms. The molecule has 2 aliphatic heterocycles. The fraction of sp³-hybridized carbons (Fsp3) is 0.400. The number of aliphatic hydroxyl groups excluding tert-OH is 1. The fourth-order valence-electron chi connectivity index (χ4n) is 3.39. The number of hydrogen-bond acceptors (Lipinski definition) is 6. The van der Waals surface area contributed by atoms with Gasteiger partial charge in [0, 0.05) is 15.4 Å². The van der Waals surface area contributed by atoms with Crippen LogP contribution in [0.4, 0.5) is 0 Å². The fourth-order valence-corrected chi connectivity index (χ4v) is 4.50. The second-order valence-corrected chi connectivity index (χ2v) is 8.01. The number of thioether (sulfide) groups is 1. The summed E-state index contributed by atoms with van der Waals surface area (Å²) in [5, 5.41) is 14.7. The lowest BCUT2D eigenvalue weighted by molar-refractivity contribution is -0.305. The first-order valence-corrected chi connectivity index (χ1v) is 9.97. The Kier molecular flexibility index (Phi) is 5.87. The van der Waals surface area contributed by atoms with Gasteiger partial charge in [-0.3, -0.25) is 0 Å². The van der Waals surface area contributed by atoms with Gasteiger partial charge in [0.15, 0.2) is 6.29 Å². The van der Waals surface area contributed by atoms with Gasteiger partial charge in [0.1, 0.15) is 23.7 Å². The summed E-state index contributed by atoms with van der Waals surface area (Å²) in [6.07, 6.45) is -2.66. The van der Waals surface area contributed by atoms with Crippen molar-refractivity contribution < 1.29 is 19.3 Å². The van der Waals surface area contributed by atoms with E-state index in [0.29, 0.717) is 0 Å². The Morgan fingerprint density at radius 1 is 1.11 bits per heavy atom. The maximum atomic E-state index is 10.9. The Balaban J connectivity index is 1.52. The van der Waals surface area contributed by atoms with Crippen molar-refractivity contribution in [1.29, 1.82) is 0 Å². The molecule has 4 rings (SSSR count). The number of fused-ring (bicyclic) bond motifs is 1. The number of rotatable bonds is 4. The van der Waals surface area contributed by atoms with Gasteiger partial charge >= 0.3 is 0 Å². The Hall–Kier alpha value is -2.06. The van der Waals surface area contributed by atoms with E-state index in [-0.39, 0.29) is 6.61 Å². The number of benzene rings is 2. The number of azide groups is 1. The van der Waals surface area contributed by atoms with Gasteiger partial charge in [-0.15, -0.1) is 0 Å². The molecule has 3 unspecified atom stereocenters. The average molecular weight is 399 g/mol. The van der Waals surface area contributed by atoms with Crippen LogP contribution in [0.2, 0.25) is 0 Å². The average Bonchev–Trinajstić information content (AvgIpc) is 2.73. The van der Waals surface area contributed by atoms with E-state index in [0.717, 1.165) is 16.0 Å². The molecule has 2 aliphatic rings. The zero-order valence-corrected chi connectivity index (χ0v) is 16.1. The first-order valence-electron chi connectivity index (χ1n) is 9.09. The molecular formula is C20H21N3O4S. The van der Waals surface area contributed by atoms with E-state index in [2.05, 4.69) is 10.0 Å². The summed E-state index contributed by atoms with van der Waals surface area (Å²) >= 11 is 1.42. The summed E-state index contributed by atoms with van der Waals surface area (Å²) in [5.74, 6) is 0. The number of nitrogens with zero attached hydrogens (tertiary/aromatic N) is 3. The monoisotopic (exact) mass is 399 g/mol. The SMILES string of the molecule is Cc1ccc(S[C@@H]2O[C@@H]3COC(c4ccccc4)OC3C(O)[C@H]2N=[N+]=[N-])cc1. The maximum Gasteiger partial charge on any atom is 0.184 e. The van der Waals surface area contributed by atoms with E-state index in [1.54, 1.807) is 0 Å². The van der Waals surface area contributed by atoms with E-state index >= 15 is 0 Å². The zero-order chi connectivity index (χ0) is 19.5. The van der Waals surface area contributed by atoms with Crippen LogP contribution >= 0.6 is 11.8 Å². The van der Waals surface area contributed by atoms with Crippen LogP contribution < -0.4 is 0 Å². The normalized spacial score (nSPS) is 32.2. The lowest BCUT2D eigenvalue weighted by atomic mass is 9.97. The van der Waals surface area contributed by atoms with Gasteiger partial charge in [-0.1, -0.05) is 64.9 Å². The standard InChI is InChI=1S/C20H21N3O4S/c1-12-7-9-14(10-8-12)28-20-16(22-23-21)17(24)18-15(26-20)11-25-19(27-18)13-5-3-2-4-6-13/h2-10,15-20,24H,11H2,1H3/t15-,16-,17?,18?,19?,20+/m1/s1. The van der Waals surface area contributed by atoms with Crippen LogP contribution in [-0.4, -0.2) is 41.5 Å². The Labute approximate surface area is 167 Å². The van der Waals surface area contributed by atoms with E-state index in [9.17, 15) is 5.11 Å². The van der Waals surface area contributed by atoms with Crippen LogP contribution in [0, 0.1) is 6.92 Å². The third-order valence-electron chi connectivity index (χ3n) is 4.86. The van der Waals surface area contributed by atoms with E-state index < -0.39 is 36.1 Å². The highest BCUT2D eigenvalue weighted by Crippen LogP contribution is 2.40. The van der Waals surface area contributed by atoms with Crippen molar-refractivity contribution in [3.8, 4) is 0 Å². The summed E-state index contributed by atoms with van der Waals surface area (Å²) in [5.41, 5.74) is 10.5. The Morgan fingerprint density at radius 3 is 2.57 bits per heavy atom. The minimum atomic E-state index is -0.993. The quantitative estimate of drug-likeness (QED) is 0.477. The molecule has 0 spiro atoms. The van der Waals surface area contributed by atoms with Gasteiger partial charge in [-0.05, 0) is 24.6 Å². The number of aryl methyl sites for hydroxylation is 1. The molecule has 6 atom stereocenters.